The van der Waals surface area contributed by atoms with Gasteiger partial charge >= 0.3 is 0 Å². The molecule has 1 aliphatic rings. The van der Waals surface area contributed by atoms with Crippen LogP contribution in [0.5, 0.6) is 0 Å². The van der Waals surface area contributed by atoms with Crippen LogP contribution in [0.4, 0.5) is 0 Å². The Labute approximate surface area is 131 Å². The molecule has 2 aromatic heterocycles. The summed E-state index contributed by atoms with van der Waals surface area (Å²) in [6.45, 7) is 1.52. The number of thiophene rings is 1. The number of carbonyl (C=O) groups excluding carboxylic acids is 1. The van der Waals surface area contributed by atoms with Gasteiger partial charge in [-0.2, -0.15) is 0 Å². The number of nitrogens with one attached hydrogen (secondary N) is 1. The van der Waals surface area contributed by atoms with Gasteiger partial charge < -0.3 is 5.32 Å². The molecule has 21 heavy (non-hydrogen) atoms. The molecule has 2 aromatic rings. The van der Waals surface area contributed by atoms with E-state index >= 15 is 0 Å². The summed E-state index contributed by atoms with van der Waals surface area (Å²) in [5.41, 5.74) is 0. The van der Waals surface area contributed by atoms with E-state index in [0.717, 1.165) is 43.9 Å². The van der Waals surface area contributed by atoms with Gasteiger partial charge in [-0.1, -0.05) is 24.2 Å². The summed E-state index contributed by atoms with van der Waals surface area (Å²) < 4.78 is 1.79. The molecule has 3 heterocycles. The Morgan fingerprint density at radius 1 is 1.48 bits per heavy atom. The fourth-order valence-electron chi connectivity index (χ4n) is 2.24. The first-order valence-corrected chi connectivity index (χ1v) is 8.82. The number of aryl methyl sites for hydroxylation is 2. The molecule has 1 amide bonds. The fourth-order valence-corrected chi connectivity index (χ4v) is 4.00. The lowest BCUT2D eigenvalue weighted by molar-refractivity contribution is -0.120. The summed E-state index contributed by atoms with van der Waals surface area (Å²) in [6, 6.07) is 4.16. The van der Waals surface area contributed by atoms with Gasteiger partial charge in [-0.25, -0.2) is 4.68 Å². The summed E-state index contributed by atoms with van der Waals surface area (Å²) in [5.74, 6) is 0.102. The second kappa shape index (κ2) is 7.04. The number of hydrogen-bond donors (Lipinski definition) is 1. The molecule has 0 saturated carbocycles. The Morgan fingerprint density at radius 2 is 2.43 bits per heavy atom. The van der Waals surface area contributed by atoms with Crippen LogP contribution in [0.15, 0.2) is 22.7 Å². The summed E-state index contributed by atoms with van der Waals surface area (Å²) in [5, 5.41) is 17.5. The van der Waals surface area contributed by atoms with E-state index in [1.807, 2.05) is 6.07 Å². The molecule has 1 atom stereocenters. The van der Waals surface area contributed by atoms with E-state index in [0.29, 0.717) is 0 Å². The van der Waals surface area contributed by atoms with Gasteiger partial charge in [0.15, 0.2) is 0 Å². The largest absolute Gasteiger partial charge is 0.355 e. The Bertz CT molecular complexity index is 583. The molecule has 6 nitrogen and oxygen atoms in total. The van der Waals surface area contributed by atoms with E-state index in [1.54, 1.807) is 16.0 Å². The minimum atomic E-state index is -0.0843. The number of rotatable bonds is 5. The van der Waals surface area contributed by atoms with Crippen molar-refractivity contribution in [2.24, 2.45) is 0 Å². The second-order valence-corrected chi connectivity index (χ2v) is 7.11. The number of amides is 1. The quantitative estimate of drug-likeness (QED) is 0.907. The highest BCUT2D eigenvalue weighted by atomic mass is 32.2. The minimum Gasteiger partial charge on any atom is -0.355 e. The third-order valence-corrected chi connectivity index (χ3v) is 5.56. The molecular formula is C13H17N5OS2. The zero-order chi connectivity index (χ0) is 14.5. The third kappa shape index (κ3) is 3.82. The van der Waals surface area contributed by atoms with Gasteiger partial charge in [-0.05, 0) is 34.7 Å². The summed E-state index contributed by atoms with van der Waals surface area (Å²) in [6.07, 6.45) is 3.90. The van der Waals surface area contributed by atoms with Crippen molar-refractivity contribution in [3.8, 4) is 0 Å². The van der Waals surface area contributed by atoms with Gasteiger partial charge in [-0.3, -0.25) is 4.79 Å². The lowest BCUT2D eigenvalue weighted by atomic mass is 10.2. The average Bonchev–Trinajstić information content (AvgIpc) is 3.10. The van der Waals surface area contributed by atoms with Crippen LogP contribution in [0.2, 0.25) is 0 Å². The van der Waals surface area contributed by atoms with Crippen molar-refractivity contribution in [2.75, 3.05) is 6.54 Å². The van der Waals surface area contributed by atoms with Gasteiger partial charge in [0.1, 0.15) is 0 Å². The maximum atomic E-state index is 12.0. The van der Waals surface area contributed by atoms with Crippen LogP contribution >= 0.6 is 23.1 Å². The summed E-state index contributed by atoms with van der Waals surface area (Å²) in [4.78, 5) is 13.3. The molecule has 0 spiro atoms. The van der Waals surface area contributed by atoms with Crippen LogP contribution < -0.4 is 5.32 Å². The molecule has 1 fully saturated rings. The van der Waals surface area contributed by atoms with Crippen molar-refractivity contribution in [1.29, 1.82) is 0 Å². The van der Waals surface area contributed by atoms with Crippen LogP contribution in [-0.4, -0.2) is 37.9 Å². The topological polar surface area (TPSA) is 72.7 Å². The summed E-state index contributed by atoms with van der Waals surface area (Å²) in [7, 11) is 0. The molecule has 0 radical (unpaired) electrons. The highest BCUT2D eigenvalue weighted by molar-refractivity contribution is 8.00. The van der Waals surface area contributed by atoms with Crippen LogP contribution in [-0.2, 0) is 17.8 Å². The molecule has 0 unspecified atom stereocenters. The first-order chi connectivity index (χ1) is 10.3. The molecule has 3 rings (SSSR count). The maximum absolute atomic E-state index is 12.0. The van der Waals surface area contributed by atoms with E-state index in [9.17, 15) is 4.79 Å². The van der Waals surface area contributed by atoms with E-state index < -0.39 is 0 Å². The van der Waals surface area contributed by atoms with Crippen molar-refractivity contribution >= 4 is 29.0 Å². The zero-order valence-corrected chi connectivity index (χ0v) is 13.2. The number of carbonyl (C=O) groups is 1. The van der Waals surface area contributed by atoms with Gasteiger partial charge in [0.25, 0.3) is 0 Å². The molecular weight excluding hydrogens is 306 g/mol. The molecule has 1 N–H and O–H groups in total. The second-order valence-electron chi connectivity index (χ2n) is 4.91. The Hall–Kier alpha value is -1.41. The van der Waals surface area contributed by atoms with Crippen LogP contribution in [0.1, 0.15) is 24.1 Å². The highest BCUT2D eigenvalue weighted by Gasteiger charge is 2.24. The molecule has 8 heteroatoms. The number of hydrogen-bond acceptors (Lipinski definition) is 6. The monoisotopic (exact) mass is 323 g/mol. The smallest absolute Gasteiger partial charge is 0.233 e. The maximum Gasteiger partial charge on any atom is 0.233 e. The predicted octanol–water partition coefficient (Wildman–Crippen LogP) is 1.74. The normalized spacial score (nSPS) is 19.2. The van der Waals surface area contributed by atoms with E-state index in [1.165, 1.54) is 16.6 Å². The Morgan fingerprint density at radius 3 is 3.29 bits per heavy atom. The van der Waals surface area contributed by atoms with Gasteiger partial charge in [0.05, 0.1) is 11.8 Å². The van der Waals surface area contributed by atoms with Crippen LogP contribution in [0.25, 0.3) is 0 Å². The lowest BCUT2D eigenvalue weighted by Crippen LogP contribution is -2.30. The van der Waals surface area contributed by atoms with E-state index in [4.69, 9.17) is 0 Å². The molecule has 1 aliphatic heterocycles. The predicted molar refractivity (Wildman–Crippen MR) is 82.3 cm³/mol. The lowest BCUT2D eigenvalue weighted by Gasteiger charge is -2.11. The van der Waals surface area contributed by atoms with Crippen LogP contribution in [0.3, 0.4) is 0 Å². The Balaban J connectivity index is 1.63. The van der Waals surface area contributed by atoms with Crippen molar-refractivity contribution in [2.45, 2.75) is 42.6 Å². The van der Waals surface area contributed by atoms with Crippen molar-refractivity contribution in [3.05, 3.63) is 22.4 Å². The van der Waals surface area contributed by atoms with Crippen LogP contribution in [0, 0.1) is 0 Å². The average molecular weight is 323 g/mol. The third-order valence-electron chi connectivity index (χ3n) is 3.38. The van der Waals surface area contributed by atoms with Gasteiger partial charge in [0.2, 0.25) is 11.1 Å². The number of tetrazole rings is 1. The minimum absolute atomic E-state index is 0.0843. The number of nitrogens with zero attached hydrogens (tertiary/aromatic N) is 4. The standard InChI is InChI=1S/C13H17N5OS2/c19-12-11(5-1-2-7-14-12)21-13-15-16-17-18(13)8-6-10-4-3-9-20-10/h3-4,9,11H,1-2,5-8H2,(H,14,19)/t11-/m1/s1. The molecule has 0 bridgehead atoms. The number of thioether (sulfide) groups is 1. The van der Waals surface area contributed by atoms with E-state index in [-0.39, 0.29) is 11.2 Å². The van der Waals surface area contributed by atoms with Crippen molar-refractivity contribution in [3.63, 3.8) is 0 Å². The van der Waals surface area contributed by atoms with E-state index in [2.05, 4.69) is 32.3 Å². The zero-order valence-electron chi connectivity index (χ0n) is 11.6. The molecule has 1 saturated heterocycles. The fraction of sp³-hybridized carbons (Fsp3) is 0.538. The first-order valence-electron chi connectivity index (χ1n) is 7.06. The van der Waals surface area contributed by atoms with Crippen molar-refractivity contribution < 1.29 is 4.79 Å². The van der Waals surface area contributed by atoms with Gasteiger partial charge in [-0.15, -0.1) is 16.4 Å². The van der Waals surface area contributed by atoms with Crippen molar-refractivity contribution in [1.82, 2.24) is 25.5 Å². The van der Waals surface area contributed by atoms with Gasteiger partial charge in [0, 0.05) is 17.8 Å². The number of aromatic nitrogens is 4. The molecule has 0 aromatic carbocycles. The first kappa shape index (κ1) is 14.5. The summed E-state index contributed by atoms with van der Waals surface area (Å²) >= 11 is 3.21. The molecule has 112 valence electrons. The molecule has 0 aliphatic carbocycles. The SMILES string of the molecule is O=C1NCCCC[C@H]1Sc1nnnn1CCc1cccs1. The highest BCUT2D eigenvalue weighted by Crippen LogP contribution is 2.26. The Kier molecular flexibility index (Phi) is 4.87.